The van der Waals surface area contributed by atoms with Crippen LogP contribution in [0.3, 0.4) is 0 Å². The number of piperazine rings is 1. The van der Waals surface area contributed by atoms with Crippen molar-refractivity contribution in [2.45, 2.75) is 45.6 Å². The number of carbonyl (C=O) groups excluding carboxylic acids is 2. The molecule has 1 aromatic heterocycles. The number of nitrogens with one attached hydrogen (secondary N) is 2. The molecule has 150 valence electrons. The van der Waals surface area contributed by atoms with Gasteiger partial charge in [0.1, 0.15) is 5.76 Å². The molecule has 2 N–H and O–H groups in total. The molecule has 2 fully saturated rings. The topological polar surface area (TPSA) is 90.7 Å². The molecule has 0 atom stereocenters. The fourth-order valence-corrected chi connectivity index (χ4v) is 3.80. The lowest BCUT2D eigenvalue weighted by Crippen LogP contribution is -2.52. The van der Waals surface area contributed by atoms with Crippen molar-refractivity contribution in [3.63, 3.8) is 0 Å². The third-order valence-corrected chi connectivity index (χ3v) is 5.48. The molecule has 8 heteroatoms. The third kappa shape index (κ3) is 6.32. The number of hydrogen-bond acceptors (Lipinski definition) is 6. The number of anilines is 1. The van der Waals surface area contributed by atoms with Crippen molar-refractivity contribution in [2.24, 2.45) is 5.92 Å². The van der Waals surface area contributed by atoms with Crippen molar-refractivity contribution < 1.29 is 14.1 Å². The monoisotopic (exact) mass is 377 g/mol. The van der Waals surface area contributed by atoms with Gasteiger partial charge in [0.15, 0.2) is 5.82 Å². The predicted molar refractivity (Wildman–Crippen MR) is 102 cm³/mol. The normalized spacial score (nSPS) is 24.5. The van der Waals surface area contributed by atoms with Crippen LogP contribution in [0.15, 0.2) is 10.6 Å². The number of amides is 2. The summed E-state index contributed by atoms with van der Waals surface area (Å²) in [6, 6.07) is 2.04. The van der Waals surface area contributed by atoms with E-state index in [9.17, 15) is 9.59 Å². The molecule has 1 saturated carbocycles. The molecule has 0 aromatic carbocycles. The Morgan fingerprint density at radius 3 is 2.22 bits per heavy atom. The van der Waals surface area contributed by atoms with Gasteiger partial charge in [0.05, 0.1) is 13.1 Å². The fraction of sp³-hybridized carbons (Fsp3) is 0.737. The van der Waals surface area contributed by atoms with Gasteiger partial charge < -0.3 is 15.2 Å². The fourth-order valence-electron chi connectivity index (χ4n) is 3.80. The Hall–Kier alpha value is -1.93. The van der Waals surface area contributed by atoms with Crippen LogP contribution in [-0.2, 0) is 9.59 Å². The van der Waals surface area contributed by atoms with Crippen molar-refractivity contribution in [1.29, 1.82) is 0 Å². The van der Waals surface area contributed by atoms with E-state index in [-0.39, 0.29) is 11.8 Å². The highest BCUT2D eigenvalue weighted by Gasteiger charge is 2.23. The SMILES string of the molecule is Cc1cc(NC(=O)CN2CCN(CC(=O)NC3CCC(C)CC3)CC2)no1. The molecule has 1 aliphatic heterocycles. The summed E-state index contributed by atoms with van der Waals surface area (Å²) in [5.74, 6) is 1.93. The van der Waals surface area contributed by atoms with Gasteiger partial charge in [-0.3, -0.25) is 19.4 Å². The smallest absolute Gasteiger partial charge is 0.239 e. The molecule has 0 spiro atoms. The van der Waals surface area contributed by atoms with Gasteiger partial charge in [-0.25, -0.2) is 0 Å². The standard InChI is InChI=1S/C19H31N5O3/c1-14-3-5-16(6-4-14)20-18(25)12-23-7-9-24(10-8-23)13-19(26)21-17-11-15(2)27-22-17/h11,14,16H,3-10,12-13H2,1-2H3,(H,20,25)(H,21,22,26). The average Bonchev–Trinajstić information content (AvgIpc) is 3.03. The first kappa shape index (κ1) is 19.8. The lowest BCUT2D eigenvalue weighted by atomic mass is 9.87. The van der Waals surface area contributed by atoms with Crippen LogP contribution in [-0.4, -0.2) is 72.1 Å². The Labute approximate surface area is 160 Å². The van der Waals surface area contributed by atoms with E-state index in [2.05, 4.69) is 32.5 Å². The van der Waals surface area contributed by atoms with Crippen molar-refractivity contribution >= 4 is 17.6 Å². The van der Waals surface area contributed by atoms with Crippen molar-refractivity contribution in [3.05, 3.63) is 11.8 Å². The first-order valence-corrected chi connectivity index (χ1v) is 9.95. The number of aryl methyl sites for hydroxylation is 1. The molecule has 2 heterocycles. The van der Waals surface area contributed by atoms with Gasteiger partial charge >= 0.3 is 0 Å². The summed E-state index contributed by atoms with van der Waals surface area (Å²) >= 11 is 0. The van der Waals surface area contributed by atoms with E-state index >= 15 is 0 Å². The predicted octanol–water partition coefficient (Wildman–Crippen LogP) is 1.23. The summed E-state index contributed by atoms with van der Waals surface area (Å²) < 4.78 is 4.94. The van der Waals surface area contributed by atoms with Crippen LogP contribution in [0.4, 0.5) is 5.82 Å². The molecule has 1 aliphatic carbocycles. The summed E-state index contributed by atoms with van der Waals surface area (Å²) in [5.41, 5.74) is 0. The van der Waals surface area contributed by atoms with Gasteiger partial charge in [-0.2, -0.15) is 0 Å². The van der Waals surface area contributed by atoms with Crippen LogP contribution in [0.1, 0.15) is 38.4 Å². The van der Waals surface area contributed by atoms with Crippen molar-refractivity contribution in [2.75, 3.05) is 44.6 Å². The molecule has 3 rings (SSSR count). The Morgan fingerprint density at radius 1 is 1.07 bits per heavy atom. The van der Waals surface area contributed by atoms with Crippen LogP contribution < -0.4 is 10.6 Å². The second-order valence-electron chi connectivity index (χ2n) is 7.95. The molecule has 27 heavy (non-hydrogen) atoms. The van der Waals surface area contributed by atoms with E-state index in [0.717, 1.165) is 44.9 Å². The van der Waals surface area contributed by atoms with E-state index in [0.29, 0.717) is 30.7 Å². The average molecular weight is 377 g/mol. The van der Waals surface area contributed by atoms with E-state index in [4.69, 9.17) is 4.52 Å². The van der Waals surface area contributed by atoms with Gasteiger partial charge in [-0.15, -0.1) is 0 Å². The lowest BCUT2D eigenvalue weighted by Gasteiger charge is -2.34. The second-order valence-corrected chi connectivity index (χ2v) is 7.95. The first-order valence-electron chi connectivity index (χ1n) is 9.95. The Bertz CT molecular complexity index is 631. The largest absolute Gasteiger partial charge is 0.360 e. The van der Waals surface area contributed by atoms with Crippen LogP contribution in [0.2, 0.25) is 0 Å². The summed E-state index contributed by atoms with van der Waals surface area (Å²) in [4.78, 5) is 28.6. The van der Waals surface area contributed by atoms with E-state index in [1.54, 1.807) is 13.0 Å². The van der Waals surface area contributed by atoms with Crippen molar-refractivity contribution in [3.8, 4) is 0 Å². The number of carbonyl (C=O) groups is 2. The Kier molecular flexibility index (Phi) is 6.84. The highest BCUT2D eigenvalue weighted by atomic mass is 16.5. The maximum absolute atomic E-state index is 12.3. The highest BCUT2D eigenvalue weighted by Crippen LogP contribution is 2.23. The van der Waals surface area contributed by atoms with Crippen LogP contribution in [0, 0.1) is 12.8 Å². The molecule has 1 saturated heterocycles. The first-order chi connectivity index (χ1) is 13.0. The lowest BCUT2D eigenvalue weighted by molar-refractivity contribution is -0.124. The summed E-state index contributed by atoms with van der Waals surface area (Å²) in [5, 5.41) is 9.69. The van der Waals surface area contributed by atoms with Gasteiger partial charge in [0, 0.05) is 38.3 Å². The minimum atomic E-state index is -0.0963. The minimum Gasteiger partial charge on any atom is -0.360 e. The Morgan fingerprint density at radius 2 is 1.67 bits per heavy atom. The molecular weight excluding hydrogens is 346 g/mol. The minimum absolute atomic E-state index is 0.0963. The van der Waals surface area contributed by atoms with Crippen LogP contribution in [0.5, 0.6) is 0 Å². The van der Waals surface area contributed by atoms with Gasteiger partial charge in [0.2, 0.25) is 11.8 Å². The van der Waals surface area contributed by atoms with Gasteiger partial charge in [-0.1, -0.05) is 12.1 Å². The molecular formula is C19H31N5O3. The van der Waals surface area contributed by atoms with Gasteiger partial charge in [0.25, 0.3) is 0 Å². The molecule has 8 nitrogen and oxygen atoms in total. The molecule has 2 aliphatic rings. The molecule has 2 amide bonds. The number of aromatic nitrogens is 1. The zero-order valence-corrected chi connectivity index (χ0v) is 16.4. The second kappa shape index (κ2) is 9.32. The van der Waals surface area contributed by atoms with E-state index in [1.807, 2.05) is 0 Å². The zero-order valence-electron chi connectivity index (χ0n) is 16.4. The summed E-state index contributed by atoms with van der Waals surface area (Å²) in [6.45, 7) is 7.99. The third-order valence-electron chi connectivity index (χ3n) is 5.48. The van der Waals surface area contributed by atoms with Crippen LogP contribution >= 0.6 is 0 Å². The molecule has 0 unspecified atom stereocenters. The van der Waals surface area contributed by atoms with Crippen LogP contribution in [0.25, 0.3) is 0 Å². The maximum Gasteiger partial charge on any atom is 0.239 e. The van der Waals surface area contributed by atoms with Gasteiger partial charge in [-0.05, 0) is 38.5 Å². The molecule has 0 radical (unpaired) electrons. The quantitative estimate of drug-likeness (QED) is 0.775. The highest BCUT2D eigenvalue weighted by molar-refractivity contribution is 5.91. The molecule has 0 bridgehead atoms. The maximum atomic E-state index is 12.3. The number of hydrogen-bond donors (Lipinski definition) is 2. The summed E-state index contributed by atoms with van der Waals surface area (Å²) in [6.07, 6.45) is 4.61. The number of rotatable bonds is 6. The zero-order chi connectivity index (χ0) is 19.2. The van der Waals surface area contributed by atoms with E-state index < -0.39 is 0 Å². The van der Waals surface area contributed by atoms with E-state index in [1.165, 1.54) is 12.8 Å². The van der Waals surface area contributed by atoms with Crippen molar-refractivity contribution in [1.82, 2.24) is 20.3 Å². The molecule has 1 aromatic rings. The number of nitrogens with zero attached hydrogens (tertiary/aromatic N) is 3. The summed E-state index contributed by atoms with van der Waals surface area (Å²) in [7, 11) is 0. The Balaban J connectivity index is 1.32.